The van der Waals surface area contributed by atoms with Gasteiger partial charge in [-0.3, -0.25) is 4.90 Å². The quantitative estimate of drug-likeness (QED) is 0.357. The summed E-state index contributed by atoms with van der Waals surface area (Å²) >= 11 is 3.59. The van der Waals surface area contributed by atoms with Gasteiger partial charge in [0.15, 0.2) is 0 Å². The lowest BCUT2D eigenvalue weighted by Crippen LogP contribution is -2.59. The molecule has 1 saturated heterocycles. The molecule has 36 heavy (non-hydrogen) atoms. The van der Waals surface area contributed by atoms with E-state index >= 15 is 0 Å². The fraction of sp³-hybridized carbons (Fsp3) is 0.321. The summed E-state index contributed by atoms with van der Waals surface area (Å²) in [6.07, 6.45) is 2.17. The molecular formula is C28H26BrF2N3O2. The number of piperidine rings is 1. The minimum absolute atomic E-state index is 0.0403. The second kappa shape index (κ2) is 9.48. The first-order valence-corrected chi connectivity index (χ1v) is 13.0. The number of fused-ring (bicyclic) bond motifs is 4. The van der Waals surface area contributed by atoms with Crippen molar-refractivity contribution in [2.75, 3.05) is 13.1 Å². The topological polar surface area (TPSA) is 37.3 Å². The molecule has 3 heterocycles. The number of hydrazone groups is 1. The van der Waals surface area contributed by atoms with E-state index < -0.39 is 12.3 Å². The zero-order chi connectivity index (χ0) is 24.7. The van der Waals surface area contributed by atoms with Crippen molar-refractivity contribution in [2.24, 2.45) is 5.10 Å². The molecule has 3 aliphatic rings. The predicted octanol–water partition coefficient (Wildman–Crippen LogP) is 6.59. The molecule has 0 N–H and O–H groups in total. The summed E-state index contributed by atoms with van der Waals surface area (Å²) in [4.78, 5) is 2.45. The van der Waals surface area contributed by atoms with Crippen LogP contribution in [0.15, 0.2) is 82.4 Å². The molecule has 0 aromatic heterocycles. The average molecular weight is 554 g/mol. The third-order valence-electron chi connectivity index (χ3n) is 7.26. The maximum absolute atomic E-state index is 13.1. The smallest absolute Gasteiger partial charge is 0.387 e. The van der Waals surface area contributed by atoms with Crippen LogP contribution in [0.25, 0.3) is 0 Å². The van der Waals surface area contributed by atoms with E-state index in [1.54, 1.807) is 18.2 Å². The van der Waals surface area contributed by atoms with Gasteiger partial charge in [0.1, 0.15) is 11.5 Å². The Morgan fingerprint density at radius 3 is 2.56 bits per heavy atom. The first-order valence-electron chi connectivity index (χ1n) is 12.2. The van der Waals surface area contributed by atoms with Crippen molar-refractivity contribution < 1.29 is 18.3 Å². The van der Waals surface area contributed by atoms with E-state index in [0.717, 1.165) is 54.0 Å². The van der Waals surface area contributed by atoms with Crippen LogP contribution in [0.3, 0.4) is 0 Å². The van der Waals surface area contributed by atoms with Crippen molar-refractivity contribution >= 4 is 21.6 Å². The number of hydrogen-bond donors (Lipinski definition) is 0. The molecule has 1 atom stereocenters. The van der Waals surface area contributed by atoms with Crippen molar-refractivity contribution in [3.63, 3.8) is 0 Å². The molecule has 3 aromatic carbocycles. The number of alkyl halides is 2. The SMILES string of the molecule is FC(F)Oc1ccccc1C1=NN2C(C1)c1cc(Br)ccc1OC21CCN(Cc2ccccc2)CC1. The maximum atomic E-state index is 13.1. The average Bonchev–Trinajstić information content (AvgIpc) is 3.34. The number of rotatable bonds is 5. The molecule has 8 heteroatoms. The van der Waals surface area contributed by atoms with E-state index in [2.05, 4.69) is 56.2 Å². The monoisotopic (exact) mass is 553 g/mol. The van der Waals surface area contributed by atoms with E-state index in [0.29, 0.717) is 12.0 Å². The Bertz CT molecular complexity index is 1280. The van der Waals surface area contributed by atoms with Gasteiger partial charge < -0.3 is 9.47 Å². The second-order valence-electron chi connectivity index (χ2n) is 9.48. The Kier molecular flexibility index (Phi) is 6.17. The molecule has 5 nitrogen and oxygen atoms in total. The number of ether oxygens (including phenoxy) is 2. The van der Waals surface area contributed by atoms with Gasteiger partial charge in [0.05, 0.1) is 11.8 Å². The molecule has 3 aliphatic heterocycles. The van der Waals surface area contributed by atoms with Gasteiger partial charge in [-0.1, -0.05) is 58.4 Å². The minimum Gasteiger partial charge on any atom is -0.466 e. The maximum Gasteiger partial charge on any atom is 0.387 e. The number of halogens is 3. The highest BCUT2D eigenvalue weighted by Crippen LogP contribution is 2.51. The van der Waals surface area contributed by atoms with Crippen LogP contribution >= 0.6 is 15.9 Å². The molecule has 6 rings (SSSR count). The van der Waals surface area contributed by atoms with Crippen LogP contribution in [0, 0.1) is 0 Å². The second-order valence-corrected chi connectivity index (χ2v) is 10.4. The van der Waals surface area contributed by atoms with Crippen LogP contribution in [0.2, 0.25) is 0 Å². The molecule has 0 saturated carbocycles. The van der Waals surface area contributed by atoms with Gasteiger partial charge in [-0.05, 0) is 35.9 Å². The Hall–Kier alpha value is -2.97. The molecule has 0 aliphatic carbocycles. The van der Waals surface area contributed by atoms with Crippen molar-refractivity contribution in [1.82, 2.24) is 9.91 Å². The molecule has 0 radical (unpaired) electrons. The Morgan fingerprint density at radius 2 is 1.78 bits per heavy atom. The van der Waals surface area contributed by atoms with Crippen molar-refractivity contribution in [3.8, 4) is 11.5 Å². The first-order chi connectivity index (χ1) is 17.5. The number of likely N-dealkylation sites (tertiary alicyclic amines) is 1. The highest BCUT2D eigenvalue weighted by Gasteiger charge is 2.52. The van der Waals surface area contributed by atoms with Crippen LogP contribution in [-0.2, 0) is 6.54 Å². The summed E-state index contributed by atoms with van der Waals surface area (Å²) in [5.41, 5.74) is 3.09. The first kappa shape index (κ1) is 23.4. The van der Waals surface area contributed by atoms with Crippen molar-refractivity contribution in [2.45, 2.75) is 44.2 Å². The van der Waals surface area contributed by atoms with Crippen LogP contribution < -0.4 is 9.47 Å². The third-order valence-corrected chi connectivity index (χ3v) is 7.75. The molecule has 1 unspecified atom stereocenters. The summed E-state index contributed by atoms with van der Waals surface area (Å²) in [6.45, 7) is -0.243. The highest BCUT2D eigenvalue weighted by molar-refractivity contribution is 9.10. The molecule has 186 valence electrons. The summed E-state index contributed by atoms with van der Waals surface area (Å²) in [7, 11) is 0. The fourth-order valence-electron chi connectivity index (χ4n) is 5.55. The largest absolute Gasteiger partial charge is 0.466 e. The summed E-state index contributed by atoms with van der Waals surface area (Å²) in [5.74, 6) is 1.01. The normalized spacial score (nSPS) is 20.6. The summed E-state index contributed by atoms with van der Waals surface area (Å²) in [6, 6.07) is 23.4. The van der Waals surface area contributed by atoms with E-state index in [1.165, 1.54) is 5.56 Å². The van der Waals surface area contributed by atoms with E-state index in [-0.39, 0.29) is 11.8 Å². The Morgan fingerprint density at radius 1 is 1.03 bits per heavy atom. The number of nitrogens with zero attached hydrogens (tertiary/aromatic N) is 3. The number of benzene rings is 3. The van der Waals surface area contributed by atoms with Gasteiger partial charge in [0.25, 0.3) is 0 Å². The molecular weight excluding hydrogens is 528 g/mol. The predicted molar refractivity (Wildman–Crippen MR) is 137 cm³/mol. The number of hydrogen-bond acceptors (Lipinski definition) is 5. The fourth-order valence-corrected chi connectivity index (χ4v) is 5.93. The zero-order valence-electron chi connectivity index (χ0n) is 19.6. The summed E-state index contributed by atoms with van der Waals surface area (Å²) in [5, 5.41) is 7.12. The standard InChI is InChI=1S/C28H26BrF2N3O2/c29-20-10-11-26-22(16-20)24-17-23(21-8-4-5-9-25(21)35-27(30)31)32-34(24)28(36-26)12-14-33(15-13-28)18-19-6-2-1-3-7-19/h1-11,16,24,27H,12-15,17-18H2. The van der Waals surface area contributed by atoms with Crippen molar-refractivity contribution in [1.29, 1.82) is 0 Å². The van der Waals surface area contributed by atoms with Gasteiger partial charge in [0.2, 0.25) is 5.72 Å². The van der Waals surface area contributed by atoms with E-state index in [4.69, 9.17) is 14.6 Å². The van der Waals surface area contributed by atoms with Gasteiger partial charge in [-0.2, -0.15) is 13.9 Å². The van der Waals surface area contributed by atoms with E-state index in [9.17, 15) is 8.78 Å². The van der Waals surface area contributed by atoms with Crippen molar-refractivity contribution in [3.05, 3.63) is 94.0 Å². The Balaban J connectivity index is 1.32. The lowest BCUT2D eigenvalue weighted by molar-refractivity contribution is -0.150. The molecule has 3 aromatic rings. The lowest BCUT2D eigenvalue weighted by atomic mass is 9.90. The Labute approximate surface area is 217 Å². The highest BCUT2D eigenvalue weighted by atomic mass is 79.9. The summed E-state index contributed by atoms with van der Waals surface area (Å²) < 4.78 is 38.7. The molecule has 1 fully saturated rings. The van der Waals surface area contributed by atoms with E-state index in [1.807, 2.05) is 24.3 Å². The lowest BCUT2D eigenvalue weighted by Gasteiger charge is -2.51. The minimum atomic E-state index is -2.89. The van der Waals surface area contributed by atoms with Gasteiger partial charge in [-0.25, -0.2) is 5.01 Å². The van der Waals surface area contributed by atoms with Gasteiger partial charge in [0, 0.05) is 54.5 Å². The number of para-hydroxylation sites is 1. The van der Waals surface area contributed by atoms with Crippen LogP contribution in [0.4, 0.5) is 8.78 Å². The zero-order valence-corrected chi connectivity index (χ0v) is 21.2. The third kappa shape index (κ3) is 4.37. The van der Waals surface area contributed by atoms with Crippen LogP contribution in [0.5, 0.6) is 11.5 Å². The van der Waals surface area contributed by atoms with Crippen LogP contribution in [-0.4, -0.2) is 41.0 Å². The molecule has 1 spiro atoms. The van der Waals surface area contributed by atoms with Crippen LogP contribution in [0.1, 0.15) is 42.0 Å². The molecule has 0 amide bonds. The van der Waals surface area contributed by atoms with Gasteiger partial charge >= 0.3 is 6.61 Å². The molecule has 0 bridgehead atoms. The van der Waals surface area contributed by atoms with Gasteiger partial charge in [-0.15, -0.1) is 0 Å².